The van der Waals surface area contributed by atoms with E-state index in [2.05, 4.69) is 15.4 Å². The van der Waals surface area contributed by atoms with Crippen LogP contribution in [0.1, 0.15) is 21.1 Å². The van der Waals surface area contributed by atoms with Gasteiger partial charge in [0.2, 0.25) is 0 Å². The SMILES string of the molecule is Cc1nc(NC(=O)c2cc(-c3ccco3)nn2-c2ccccc2)sc1C. The second-order valence-electron chi connectivity index (χ2n) is 5.75. The van der Waals surface area contributed by atoms with E-state index in [0.717, 1.165) is 16.3 Å². The summed E-state index contributed by atoms with van der Waals surface area (Å²) in [5.41, 5.74) is 2.71. The van der Waals surface area contributed by atoms with Crippen LogP contribution in [0.3, 0.4) is 0 Å². The maximum absolute atomic E-state index is 12.9. The predicted molar refractivity (Wildman–Crippen MR) is 101 cm³/mol. The lowest BCUT2D eigenvalue weighted by Gasteiger charge is -2.06. The summed E-state index contributed by atoms with van der Waals surface area (Å²) in [7, 11) is 0. The number of rotatable bonds is 4. The fourth-order valence-corrected chi connectivity index (χ4v) is 3.35. The number of nitrogens with one attached hydrogen (secondary N) is 1. The van der Waals surface area contributed by atoms with Crippen molar-refractivity contribution in [3.05, 3.63) is 71.1 Å². The summed E-state index contributed by atoms with van der Waals surface area (Å²) >= 11 is 1.45. The maximum Gasteiger partial charge on any atom is 0.276 e. The number of para-hydroxylation sites is 1. The first kappa shape index (κ1) is 16.3. The average molecular weight is 364 g/mol. The van der Waals surface area contributed by atoms with Gasteiger partial charge in [-0.25, -0.2) is 9.67 Å². The number of benzene rings is 1. The number of hydrogen-bond acceptors (Lipinski definition) is 5. The molecule has 0 unspecified atom stereocenters. The van der Waals surface area contributed by atoms with E-state index in [1.807, 2.05) is 50.2 Å². The van der Waals surface area contributed by atoms with E-state index in [1.54, 1.807) is 23.1 Å². The number of furan rings is 1. The van der Waals surface area contributed by atoms with Gasteiger partial charge in [-0.3, -0.25) is 10.1 Å². The van der Waals surface area contributed by atoms with Gasteiger partial charge >= 0.3 is 0 Å². The molecule has 0 fully saturated rings. The van der Waals surface area contributed by atoms with Gasteiger partial charge in [0.15, 0.2) is 10.9 Å². The third-order valence-corrected chi connectivity index (χ3v) is 4.95. The molecule has 3 heterocycles. The van der Waals surface area contributed by atoms with Gasteiger partial charge < -0.3 is 4.42 Å². The van der Waals surface area contributed by atoms with Crippen molar-refractivity contribution in [1.82, 2.24) is 14.8 Å². The Kier molecular flexibility index (Phi) is 4.14. The summed E-state index contributed by atoms with van der Waals surface area (Å²) in [5, 5.41) is 7.99. The minimum atomic E-state index is -0.270. The second kappa shape index (κ2) is 6.61. The van der Waals surface area contributed by atoms with Crippen LogP contribution in [-0.4, -0.2) is 20.7 Å². The Bertz CT molecular complexity index is 1030. The minimum Gasteiger partial charge on any atom is -0.463 e. The molecule has 6 nitrogen and oxygen atoms in total. The molecule has 0 spiro atoms. The minimum absolute atomic E-state index is 0.270. The van der Waals surface area contributed by atoms with Crippen molar-refractivity contribution in [1.29, 1.82) is 0 Å². The molecule has 0 atom stereocenters. The molecule has 1 N–H and O–H groups in total. The lowest BCUT2D eigenvalue weighted by Crippen LogP contribution is -2.16. The zero-order valence-electron chi connectivity index (χ0n) is 14.3. The molecule has 1 amide bonds. The Morgan fingerprint density at radius 2 is 1.96 bits per heavy atom. The van der Waals surface area contributed by atoms with E-state index in [9.17, 15) is 4.79 Å². The van der Waals surface area contributed by atoms with Gasteiger partial charge in [0.25, 0.3) is 5.91 Å². The normalized spacial score (nSPS) is 10.8. The zero-order valence-corrected chi connectivity index (χ0v) is 15.1. The Labute approximate surface area is 154 Å². The number of anilines is 1. The van der Waals surface area contributed by atoms with E-state index in [-0.39, 0.29) is 5.91 Å². The number of nitrogens with zero attached hydrogens (tertiary/aromatic N) is 3. The molecule has 7 heteroatoms. The van der Waals surface area contributed by atoms with Crippen molar-refractivity contribution >= 4 is 22.4 Å². The smallest absolute Gasteiger partial charge is 0.276 e. The molecule has 0 saturated heterocycles. The van der Waals surface area contributed by atoms with Crippen molar-refractivity contribution < 1.29 is 9.21 Å². The quantitative estimate of drug-likeness (QED) is 0.580. The summed E-state index contributed by atoms with van der Waals surface area (Å²) < 4.78 is 7.03. The van der Waals surface area contributed by atoms with Gasteiger partial charge in [-0.2, -0.15) is 5.10 Å². The van der Waals surface area contributed by atoms with E-state index in [1.165, 1.54) is 11.3 Å². The largest absolute Gasteiger partial charge is 0.463 e. The lowest BCUT2D eigenvalue weighted by atomic mass is 10.2. The zero-order chi connectivity index (χ0) is 18.1. The highest BCUT2D eigenvalue weighted by Crippen LogP contribution is 2.25. The van der Waals surface area contributed by atoms with Crippen LogP contribution < -0.4 is 5.32 Å². The fourth-order valence-electron chi connectivity index (χ4n) is 2.54. The van der Waals surface area contributed by atoms with Crippen LogP contribution in [0.25, 0.3) is 17.1 Å². The Morgan fingerprint density at radius 3 is 2.62 bits per heavy atom. The second-order valence-corrected chi connectivity index (χ2v) is 6.96. The monoisotopic (exact) mass is 364 g/mol. The Hall–Kier alpha value is -3.19. The standard InChI is InChI=1S/C19H16N4O2S/c1-12-13(2)26-19(20-12)21-18(24)16-11-15(17-9-6-10-25-17)22-23(16)14-7-4-3-5-8-14/h3-11H,1-2H3,(H,20,21,24). The first-order chi connectivity index (χ1) is 12.6. The molecule has 0 bridgehead atoms. The molecule has 0 saturated carbocycles. The van der Waals surface area contributed by atoms with E-state index in [0.29, 0.717) is 22.3 Å². The number of carbonyl (C=O) groups is 1. The molecular formula is C19H16N4O2S. The molecule has 1 aromatic carbocycles. The van der Waals surface area contributed by atoms with Crippen LogP contribution in [0.4, 0.5) is 5.13 Å². The van der Waals surface area contributed by atoms with E-state index < -0.39 is 0 Å². The van der Waals surface area contributed by atoms with Crippen LogP contribution in [0, 0.1) is 13.8 Å². The van der Waals surface area contributed by atoms with Crippen LogP contribution >= 0.6 is 11.3 Å². The van der Waals surface area contributed by atoms with Gasteiger partial charge in [-0.15, -0.1) is 11.3 Å². The molecule has 4 aromatic rings. The molecule has 4 rings (SSSR count). The summed E-state index contributed by atoms with van der Waals surface area (Å²) in [6.07, 6.45) is 1.58. The number of aryl methyl sites for hydroxylation is 2. The molecule has 0 aliphatic carbocycles. The third kappa shape index (κ3) is 3.04. The summed E-state index contributed by atoms with van der Waals surface area (Å²) in [4.78, 5) is 18.3. The average Bonchev–Trinajstić information content (AvgIpc) is 3.36. The molecule has 26 heavy (non-hydrogen) atoms. The first-order valence-electron chi connectivity index (χ1n) is 8.06. The Balaban J connectivity index is 1.74. The third-order valence-electron chi connectivity index (χ3n) is 3.97. The first-order valence-corrected chi connectivity index (χ1v) is 8.88. The van der Waals surface area contributed by atoms with Crippen LogP contribution in [0.5, 0.6) is 0 Å². The lowest BCUT2D eigenvalue weighted by molar-refractivity contribution is 0.101. The van der Waals surface area contributed by atoms with Crippen molar-refractivity contribution in [3.8, 4) is 17.1 Å². The number of aromatic nitrogens is 3. The molecule has 0 aliphatic rings. The molecule has 3 aromatic heterocycles. The fraction of sp³-hybridized carbons (Fsp3) is 0.105. The topological polar surface area (TPSA) is 73.0 Å². The van der Waals surface area contributed by atoms with Gasteiger partial charge in [-0.05, 0) is 38.1 Å². The summed E-state index contributed by atoms with van der Waals surface area (Å²) in [6.45, 7) is 3.90. The van der Waals surface area contributed by atoms with E-state index in [4.69, 9.17) is 4.42 Å². The number of thiazole rings is 1. The number of amides is 1. The van der Waals surface area contributed by atoms with Crippen molar-refractivity contribution in [2.45, 2.75) is 13.8 Å². The highest BCUT2D eigenvalue weighted by molar-refractivity contribution is 7.15. The van der Waals surface area contributed by atoms with E-state index >= 15 is 0 Å². The number of hydrogen-bond donors (Lipinski definition) is 1. The summed E-state index contributed by atoms with van der Waals surface area (Å²) in [6, 6.07) is 14.8. The molecular weight excluding hydrogens is 348 g/mol. The van der Waals surface area contributed by atoms with Gasteiger partial charge in [0.05, 0.1) is 17.6 Å². The van der Waals surface area contributed by atoms with Gasteiger partial charge in [0.1, 0.15) is 11.4 Å². The van der Waals surface area contributed by atoms with Crippen LogP contribution in [0.15, 0.2) is 59.2 Å². The van der Waals surface area contributed by atoms with Crippen LogP contribution in [-0.2, 0) is 0 Å². The highest BCUT2D eigenvalue weighted by Gasteiger charge is 2.20. The predicted octanol–water partition coefficient (Wildman–Crippen LogP) is 4.46. The molecule has 0 radical (unpaired) electrons. The van der Waals surface area contributed by atoms with Crippen LogP contribution in [0.2, 0.25) is 0 Å². The van der Waals surface area contributed by atoms with Crippen molar-refractivity contribution in [3.63, 3.8) is 0 Å². The summed E-state index contributed by atoms with van der Waals surface area (Å²) in [5.74, 6) is 0.336. The molecule has 130 valence electrons. The molecule has 0 aliphatic heterocycles. The number of carbonyl (C=O) groups excluding carboxylic acids is 1. The Morgan fingerprint density at radius 1 is 1.15 bits per heavy atom. The maximum atomic E-state index is 12.9. The van der Waals surface area contributed by atoms with Crippen molar-refractivity contribution in [2.75, 3.05) is 5.32 Å². The van der Waals surface area contributed by atoms with Gasteiger partial charge in [0, 0.05) is 10.9 Å². The van der Waals surface area contributed by atoms with Gasteiger partial charge in [-0.1, -0.05) is 18.2 Å². The van der Waals surface area contributed by atoms with Crippen molar-refractivity contribution in [2.24, 2.45) is 0 Å². The highest BCUT2D eigenvalue weighted by atomic mass is 32.1.